The zero-order valence-corrected chi connectivity index (χ0v) is 17.9. The van der Waals surface area contributed by atoms with Gasteiger partial charge in [0.2, 0.25) is 0 Å². The van der Waals surface area contributed by atoms with Crippen LogP contribution in [0.3, 0.4) is 0 Å². The lowest BCUT2D eigenvalue weighted by Crippen LogP contribution is -3.11. The third kappa shape index (κ3) is 5.74. The van der Waals surface area contributed by atoms with Crippen LogP contribution < -0.4 is 19.9 Å². The summed E-state index contributed by atoms with van der Waals surface area (Å²) in [5, 5.41) is 3.33. The molecule has 2 aromatic rings. The van der Waals surface area contributed by atoms with Gasteiger partial charge in [0.15, 0.2) is 13.1 Å². The molecule has 0 aliphatic carbocycles. The third-order valence-corrected chi connectivity index (χ3v) is 6.07. The molecule has 2 amide bonds. The predicted molar refractivity (Wildman–Crippen MR) is 117 cm³/mol. The number of rotatable bonds is 6. The summed E-state index contributed by atoms with van der Waals surface area (Å²) in [5.74, 6) is 0.657. The summed E-state index contributed by atoms with van der Waals surface area (Å²) in [4.78, 5) is 29.2. The molecule has 6 nitrogen and oxygen atoms in total. The van der Waals surface area contributed by atoms with E-state index in [1.807, 2.05) is 41.9 Å². The van der Waals surface area contributed by atoms with Gasteiger partial charge in [-0.1, -0.05) is 19.1 Å². The van der Waals surface area contributed by atoms with Gasteiger partial charge in [-0.3, -0.25) is 9.59 Å². The minimum Gasteiger partial charge on any atom is -0.497 e. The van der Waals surface area contributed by atoms with Crippen molar-refractivity contribution in [1.29, 1.82) is 0 Å². The quantitative estimate of drug-likeness (QED) is 0.760. The first kappa shape index (κ1) is 21.2. The first-order chi connectivity index (χ1) is 14.0. The van der Waals surface area contributed by atoms with Gasteiger partial charge in [-0.25, -0.2) is 0 Å². The van der Waals surface area contributed by atoms with Crippen molar-refractivity contribution < 1.29 is 19.2 Å². The summed E-state index contributed by atoms with van der Waals surface area (Å²) in [6.07, 6.45) is 0.947. The van der Waals surface area contributed by atoms with E-state index in [0.29, 0.717) is 17.5 Å². The molecular weight excluding hydrogens is 386 g/mol. The third-order valence-electron chi connectivity index (χ3n) is 4.83. The number of hydrogen-bond donors (Lipinski definition) is 2. The summed E-state index contributed by atoms with van der Waals surface area (Å²) >= 11 is 1.81. The Morgan fingerprint density at radius 1 is 1.17 bits per heavy atom. The van der Waals surface area contributed by atoms with Gasteiger partial charge in [-0.05, 0) is 42.8 Å². The fourth-order valence-corrected chi connectivity index (χ4v) is 4.43. The average Bonchev–Trinajstić information content (AvgIpc) is 2.86. The van der Waals surface area contributed by atoms with Gasteiger partial charge in [-0.2, -0.15) is 0 Å². The highest BCUT2D eigenvalue weighted by molar-refractivity contribution is 8.00. The normalized spacial score (nSPS) is 17.1. The zero-order chi connectivity index (χ0) is 20.8. The molecule has 0 radical (unpaired) electrons. The number of thioether (sulfide) groups is 1. The van der Waals surface area contributed by atoms with Crippen molar-refractivity contribution in [2.75, 3.05) is 44.0 Å². The number of carbonyl (C=O) groups is 2. The molecule has 2 N–H and O–H groups in total. The maximum atomic E-state index is 13.0. The second-order valence-electron chi connectivity index (χ2n) is 7.32. The van der Waals surface area contributed by atoms with Crippen LogP contribution in [0.5, 0.6) is 5.75 Å². The van der Waals surface area contributed by atoms with Crippen molar-refractivity contribution in [3.63, 3.8) is 0 Å². The molecule has 0 bridgehead atoms. The van der Waals surface area contributed by atoms with Crippen LogP contribution in [-0.4, -0.2) is 50.9 Å². The average molecular weight is 415 g/mol. The number of quaternary nitrogens is 1. The Bertz CT molecular complexity index is 857. The highest BCUT2D eigenvalue weighted by Gasteiger charge is 2.26. The van der Waals surface area contributed by atoms with E-state index >= 15 is 0 Å². The molecule has 0 aromatic heterocycles. The Balaban J connectivity index is 1.57. The van der Waals surface area contributed by atoms with Crippen LogP contribution in [0.25, 0.3) is 0 Å². The van der Waals surface area contributed by atoms with Crippen molar-refractivity contribution in [2.24, 2.45) is 0 Å². The summed E-state index contributed by atoms with van der Waals surface area (Å²) in [5.41, 5.74) is 1.68. The van der Waals surface area contributed by atoms with E-state index in [0.717, 1.165) is 27.7 Å². The number of carbonyl (C=O) groups excluding carboxylic acids is 2. The van der Waals surface area contributed by atoms with Crippen LogP contribution in [-0.2, 0) is 9.59 Å². The second-order valence-corrected chi connectivity index (χ2v) is 8.80. The molecule has 1 heterocycles. The van der Waals surface area contributed by atoms with E-state index < -0.39 is 0 Å². The summed E-state index contributed by atoms with van der Waals surface area (Å²) in [6, 6.07) is 15.2. The van der Waals surface area contributed by atoms with Crippen molar-refractivity contribution in [2.45, 2.75) is 23.5 Å². The number of ether oxygens (including phenoxy) is 1. The smallest absolute Gasteiger partial charge is 0.282 e. The van der Waals surface area contributed by atoms with Crippen molar-refractivity contribution >= 4 is 35.0 Å². The van der Waals surface area contributed by atoms with Crippen LogP contribution in [0.1, 0.15) is 13.3 Å². The van der Waals surface area contributed by atoms with Crippen molar-refractivity contribution in [1.82, 2.24) is 0 Å². The van der Waals surface area contributed by atoms with Crippen LogP contribution in [0, 0.1) is 0 Å². The lowest BCUT2D eigenvalue weighted by molar-refractivity contribution is -0.862. The van der Waals surface area contributed by atoms with E-state index in [1.165, 1.54) is 0 Å². The second kappa shape index (κ2) is 9.80. The largest absolute Gasteiger partial charge is 0.497 e. The summed E-state index contributed by atoms with van der Waals surface area (Å²) < 4.78 is 5.12. The number of likely N-dealkylation sites (N-methyl/N-ethyl adjacent to an activating group) is 1. The molecule has 3 rings (SSSR count). The van der Waals surface area contributed by atoms with E-state index in [2.05, 4.69) is 18.3 Å². The molecule has 1 aliphatic heterocycles. The van der Waals surface area contributed by atoms with Gasteiger partial charge >= 0.3 is 0 Å². The lowest BCUT2D eigenvalue weighted by Gasteiger charge is -2.24. The minimum absolute atomic E-state index is 0.0434. The Kier molecular flexibility index (Phi) is 7.17. The van der Waals surface area contributed by atoms with E-state index in [4.69, 9.17) is 4.74 Å². The SMILES string of the molecule is COc1ccc(NC(=O)C[NH+](C)CC(=O)N2CC[C@@H](C)Sc3ccccc32)cc1. The lowest BCUT2D eigenvalue weighted by atomic mass is 10.2. The van der Waals surface area contributed by atoms with E-state index in [9.17, 15) is 9.59 Å². The molecular formula is C22H28N3O3S+. The number of fused-ring (bicyclic) bond motifs is 1. The molecule has 154 valence electrons. The van der Waals surface area contributed by atoms with Gasteiger partial charge in [0.25, 0.3) is 11.8 Å². The molecule has 0 fully saturated rings. The van der Waals surface area contributed by atoms with Gasteiger partial charge < -0.3 is 19.9 Å². The van der Waals surface area contributed by atoms with Gasteiger partial charge in [0.1, 0.15) is 5.75 Å². The maximum absolute atomic E-state index is 13.0. The molecule has 7 heteroatoms. The van der Waals surface area contributed by atoms with Crippen molar-refractivity contribution in [3.8, 4) is 5.75 Å². The topological polar surface area (TPSA) is 63.1 Å². The molecule has 0 saturated heterocycles. The highest BCUT2D eigenvalue weighted by Crippen LogP contribution is 2.37. The molecule has 0 spiro atoms. The van der Waals surface area contributed by atoms with Crippen LogP contribution >= 0.6 is 11.8 Å². The molecule has 0 saturated carbocycles. The fourth-order valence-electron chi connectivity index (χ4n) is 3.32. The Hall–Kier alpha value is -2.51. The number of methoxy groups -OCH3 is 1. The van der Waals surface area contributed by atoms with Gasteiger partial charge in [0, 0.05) is 22.4 Å². The first-order valence-corrected chi connectivity index (χ1v) is 10.7. The minimum atomic E-state index is -0.124. The molecule has 1 aliphatic rings. The Labute approximate surface area is 176 Å². The number of hydrogen-bond acceptors (Lipinski definition) is 4. The van der Waals surface area contributed by atoms with Crippen LogP contribution in [0.15, 0.2) is 53.4 Å². The summed E-state index contributed by atoms with van der Waals surface area (Å²) in [7, 11) is 3.47. The van der Waals surface area contributed by atoms with E-state index in [-0.39, 0.29) is 24.9 Å². The van der Waals surface area contributed by atoms with E-state index in [1.54, 1.807) is 31.4 Å². The number of nitrogens with one attached hydrogen (secondary N) is 2. The first-order valence-electron chi connectivity index (χ1n) is 9.77. The number of benzene rings is 2. The number of nitrogens with zero attached hydrogens (tertiary/aromatic N) is 1. The zero-order valence-electron chi connectivity index (χ0n) is 17.1. The van der Waals surface area contributed by atoms with Crippen LogP contribution in [0.2, 0.25) is 0 Å². The number of amides is 2. The predicted octanol–water partition coefficient (Wildman–Crippen LogP) is 2.07. The van der Waals surface area contributed by atoms with Crippen LogP contribution in [0.4, 0.5) is 11.4 Å². The number of para-hydroxylation sites is 1. The van der Waals surface area contributed by atoms with Gasteiger partial charge in [-0.15, -0.1) is 11.8 Å². The molecule has 1 unspecified atom stereocenters. The van der Waals surface area contributed by atoms with Crippen molar-refractivity contribution in [3.05, 3.63) is 48.5 Å². The fraction of sp³-hybridized carbons (Fsp3) is 0.364. The standard InChI is InChI=1S/C22H27N3O3S/c1-16-12-13-25(19-6-4-5-7-20(19)29-16)22(27)15-24(2)14-21(26)23-17-8-10-18(28-3)11-9-17/h4-11,16H,12-15H2,1-3H3,(H,23,26)/p+1/t16-/m1/s1. The highest BCUT2D eigenvalue weighted by atomic mass is 32.2. The monoisotopic (exact) mass is 414 g/mol. The molecule has 2 atom stereocenters. The van der Waals surface area contributed by atoms with Gasteiger partial charge in [0.05, 0.1) is 19.8 Å². The summed E-state index contributed by atoms with van der Waals surface area (Å²) in [6.45, 7) is 3.38. The Morgan fingerprint density at radius 3 is 2.62 bits per heavy atom. The molecule has 29 heavy (non-hydrogen) atoms. The Morgan fingerprint density at radius 2 is 1.90 bits per heavy atom. The number of anilines is 2. The molecule has 2 aromatic carbocycles. The maximum Gasteiger partial charge on any atom is 0.282 e.